The Morgan fingerprint density at radius 1 is 1.29 bits per heavy atom. The lowest BCUT2D eigenvalue weighted by molar-refractivity contribution is 0.0947. The number of fused-ring (bicyclic) bond motifs is 1. The zero-order valence-corrected chi connectivity index (χ0v) is 12.1. The third kappa shape index (κ3) is 2.68. The highest BCUT2D eigenvalue weighted by Crippen LogP contribution is 2.31. The number of benzene rings is 1. The van der Waals surface area contributed by atoms with Gasteiger partial charge in [0.2, 0.25) is 0 Å². The first kappa shape index (κ1) is 12.9. The Labute approximate surface area is 124 Å². The van der Waals surface area contributed by atoms with Crippen LogP contribution in [0.4, 0.5) is 0 Å². The zero-order valence-electron chi connectivity index (χ0n) is 12.1. The number of nitrogens with zero attached hydrogens (tertiary/aromatic N) is 1. The third-order valence-electron chi connectivity index (χ3n) is 4.75. The number of nitrogens with one attached hydrogen (secondary N) is 2. The maximum absolute atomic E-state index is 12.3. The van der Waals surface area contributed by atoms with Gasteiger partial charge in [-0.05, 0) is 55.3 Å². The van der Waals surface area contributed by atoms with E-state index in [-0.39, 0.29) is 5.91 Å². The standard InChI is InChI=1S/C17H21N3O/c21-17(14-2-1-13-5-7-18-16(13)9-14)19-10-12-6-8-20(11-12)15-3-4-15/h1-2,5,7,9,12,15,18H,3-4,6,8,10-11H2,(H,19,21). The molecule has 4 heteroatoms. The van der Waals surface area contributed by atoms with Crippen LogP contribution in [0.3, 0.4) is 0 Å². The van der Waals surface area contributed by atoms with Gasteiger partial charge in [-0.25, -0.2) is 0 Å². The molecule has 1 aromatic carbocycles. The summed E-state index contributed by atoms with van der Waals surface area (Å²) in [4.78, 5) is 18.0. The van der Waals surface area contributed by atoms with Gasteiger partial charge < -0.3 is 15.2 Å². The largest absolute Gasteiger partial charge is 0.361 e. The molecule has 4 nitrogen and oxygen atoms in total. The number of carbonyl (C=O) groups excluding carboxylic acids is 1. The number of aromatic nitrogens is 1. The van der Waals surface area contributed by atoms with Crippen molar-refractivity contribution in [3.8, 4) is 0 Å². The number of hydrogen-bond acceptors (Lipinski definition) is 2. The first-order valence-electron chi connectivity index (χ1n) is 7.89. The lowest BCUT2D eigenvalue weighted by Gasteiger charge is -2.15. The highest BCUT2D eigenvalue weighted by Gasteiger charge is 2.34. The number of carbonyl (C=O) groups is 1. The fourth-order valence-electron chi connectivity index (χ4n) is 3.33. The summed E-state index contributed by atoms with van der Waals surface area (Å²) in [5.74, 6) is 0.653. The topological polar surface area (TPSA) is 48.1 Å². The van der Waals surface area contributed by atoms with Gasteiger partial charge in [-0.3, -0.25) is 4.79 Å². The van der Waals surface area contributed by atoms with Gasteiger partial charge in [-0.1, -0.05) is 6.07 Å². The third-order valence-corrected chi connectivity index (χ3v) is 4.75. The van der Waals surface area contributed by atoms with Gasteiger partial charge in [0.1, 0.15) is 0 Å². The summed E-state index contributed by atoms with van der Waals surface area (Å²) >= 11 is 0. The van der Waals surface area contributed by atoms with E-state index in [9.17, 15) is 4.79 Å². The summed E-state index contributed by atoms with van der Waals surface area (Å²) in [7, 11) is 0. The molecule has 0 spiro atoms. The van der Waals surface area contributed by atoms with Gasteiger partial charge in [0, 0.05) is 36.4 Å². The highest BCUT2D eigenvalue weighted by atomic mass is 16.1. The van der Waals surface area contributed by atoms with E-state index in [4.69, 9.17) is 0 Å². The number of rotatable bonds is 4. The Morgan fingerprint density at radius 2 is 2.19 bits per heavy atom. The van der Waals surface area contributed by atoms with E-state index in [0.717, 1.165) is 35.6 Å². The number of hydrogen-bond donors (Lipinski definition) is 2. The van der Waals surface area contributed by atoms with Crippen molar-refractivity contribution in [2.75, 3.05) is 19.6 Å². The monoisotopic (exact) mass is 283 g/mol. The van der Waals surface area contributed by atoms with Crippen LogP contribution in [0.2, 0.25) is 0 Å². The van der Waals surface area contributed by atoms with Gasteiger partial charge in [0.15, 0.2) is 0 Å². The molecule has 2 N–H and O–H groups in total. The normalized spacial score (nSPS) is 22.8. The van der Waals surface area contributed by atoms with E-state index in [2.05, 4.69) is 15.2 Å². The van der Waals surface area contributed by atoms with Crippen molar-refractivity contribution in [3.63, 3.8) is 0 Å². The Hall–Kier alpha value is -1.81. The molecule has 1 aliphatic carbocycles. The second-order valence-electron chi connectivity index (χ2n) is 6.37. The predicted octanol–water partition coefficient (Wildman–Crippen LogP) is 2.38. The molecule has 2 aromatic rings. The first-order valence-corrected chi connectivity index (χ1v) is 7.89. The smallest absolute Gasteiger partial charge is 0.251 e. The molecule has 4 rings (SSSR count). The molecule has 2 heterocycles. The van der Waals surface area contributed by atoms with Crippen molar-refractivity contribution in [1.82, 2.24) is 15.2 Å². The maximum atomic E-state index is 12.3. The number of likely N-dealkylation sites (tertiary alicyclic amines) is 1. The summed E-state index contributed by atoms with van der Waals surface area (Å²) in [5.41, 5.74) is 1.76. The van der Waals surface area contributed by atoms with E-state index in [1.54, 1.807) is 0 Å². The van der Waals surface area contributed by atoms with E-state index < -0.39 is 0 Å². The van der Waals surface area contributed by atoms with Crippen LogP contribution in [0.25, 0.3) is 10.9 Å². The Kier molecular flexibility index (Phi) is 3.19. The molecule has 1 unspecified atom stereocenters. The molecule has 1 amide bonds. The minimum absolute atomic E-state index is 0.0383. The van der Waals surface area contributed by atoms with Crippen LogP contribution in [0.15, 0.2) is 30.5 Å². The van der Waals surface area contributed by atoms with Crippen molar-refractivity contribution < 1.29 is 4.79 Å². The quantitative estimate of drug-likeness (QED) is 0.905. The Balaban J connectivity index is 1.34. The molecule has 21 heavy (non-hydrogen) atoms. The molecular weight excluding hydrogens is 262 g/mol. The Bertz CT molecular complexity index is 659. The number of H-pyrrole nitrogens is 1. The molecule has 1 aromatic heterocycles. The second kappa shape index (κ2) is 5.19. The van der Waals surface area contributed by atoms with Crippen LogP contribution >= 0.6 is 0 Å². The van der Waals surface area contributed by atoms with Gasteiger partial charge in [-0.15, -0.1) is 0 Å². The lowest BCUT2D eigenvalue weighted by Crippen LogP contribution is -2.31. The van der Waals surface area contributed by atoms with Crippen LogP contribution < -0.4 is 5.32 Å². The molecule has 1 saturated heterocycles. The molecule has 110 valence electrons. The molecular formula is C17H21N3O. The molecule has 1 aliphatic heterocycles. The van der Waals surface area contributed by atoms with Gasteiger partial charge >= 0.3 is 0 Å². The van der Waals surface area contributed by atoms with E-state index in [0.29, 0.717) is 5.92 Å². The van der Waals surface area contributed by atoms with Crippen LogP contribution in [0.1, 0.15) is 29.6 Å². The highest BCUT2D eigenvalue weighted by molar-refractivity contribution is 5.97. The van der Waals surface area contributed by atoms with Crippen molar-refractivity contribution in [1.29, 1.82) is 0 Å². The summed E-state index contributed by atoms with van der Waals surface area (Å²) < 4.78 is 0. The predicted molar refractivity (Wildman–Crippen MR) is 83.3 cm³/mol. The second-order valence-corrected chi connectivity index (χ2v) is 6.37. The fourth-order valence-corrected chi connectivity index (χ4v) is 3.33. The van der Waals surface area contributed by atoms with E-state index >= 15 is 0 Å². The minimum Gasteiger partial charge on any atom is -0.361 e. The van der Waals surface area contributed by atoms with E-state index in [1.165, 1.54) is 25.8 Å². The van der Waals surface area contributed by atoms with Crippen molar-refractivity contribution in [2.24, 2.45) is 5.92 Å². The average Bonchev–Trinajstić information content (AvgIpc) is 3.07. The molecule has 0 radical (unpaired) electrons. The van der Waals surface area contributed by atoms with Crippen molar-refractivity contribution in [3.05, 3.63) is 36.0 Å². The fraction of sp³-hybridized carbons (Fsp3) is 0.471. The zero-order chi connectivity index (χ0) is 14.2. The lowest BCUT2D eigenvalue weighted by atomic mass is 10.1. The van der Waals surface area contributed by atoms with Crippen LogP contribution in [-0.4, -0.2) is 41.5 Å². The summed E-state index contributed by atoms with van der Waals surface area (Å²) in [6.07, 6.45) is 5.86. The molecule has 1 atom stereocenters. The van der Waals surface area contributed by atoms with Crippen molar-refractivity contribution in [2.45, 2.75) is 25.3 Å². The SMILES string of the molecule is O=C(NCC1CCN(C2CC2)C1)c1ccc2cc[nH]c2c1. The number of amides is 1. The number of aromatic amines is 1. The van der Waals surface area contributed by atoms with Crippen LogP contribution in [0.5, 0.6) is 0 Å². The summed E-state index contributed by atoms with van der Waals surface area (Å²) in [6, 6.07) is 8.68. The molecule has 2 aliphatic rings. The summed E-state index contributed by atoms with van der Waals surface area (Å²) in [5, 5.41) is 4.24. The summed E-state index contributed by atoms with van der Waals surface area (Å²) in [6.45, 7) is 3.16. The van der Waals surface area contributed by atoms with Gasteiger partial charge in [0.25, 0.3) is 5.91 Å². The van der Waals surface area contributed by atoms with Gasteiger partial charge in [-0.2, -0.15) is 0 Å². The van der Waals surface area contributed by atoms with Crippen molar-refractivity contribution >= 4 is 16.8 Å². The average molecular weight is 283 g/mol. The maximum Gasteiger partial charge on any atom is 0.251 e. The minimum atomic E-state index is 0.0383. The molecule has 1 saturated carbocycles. The first-order chi connectivity index (χ1) is 10.3. The van der Waals surface area contributed by atoms with Crippen LogP contribution in [0, 0.1) is 5.92 Å². The van der Waals surface area contributed by atoms with E-state index in [1.807, 2.05) is 30.5 Å². The van der Waals surface area contributed by atoms with Crippen LogP contribution in [-0.2, 0) is 0 Å². The molecule has 0 bridgehead atoms. The molecule has 2 fully saturated rings. The Morgan fingerprint density at radius 3 is 3.05 bits per heavy atom. The van der Waals surface area contributed by atoms with Gasteiger partial charge in [0.05, 0.1) is 0 Å².